The predicted octanol–water partition coefficient (Wildman–Crippen LogP) is 4.02. The van der Waals surface area contributed by atoms with Gasteiger partial charge in [0.1, 0.15) is 0 Å². The van der Waals surface area contributed by atoms with E-state index >= 15 is 0 Å². The van der Waals surface area contributed by atoms with E-state index in [1.165, 1.54) is 5.56 Å². The maximum atomic E-state index is 12.6. The van der Waals surface area contributed by atoms with Gasteiger partial charge >= 0.3 is 0 Å². The van der Waals surface area contributed by atoms with E-state index in [2.05, 4.69) is 48.3 Å². The molecule has 168 valence electrons. The fourth-order valence-corrected chi connectivity index (χ4v) is 3.91. The highest BCUT2D eigenvalue weighted by atomic mass is 16.5. The molecule has 3 rings (SSSR count). The van der Waals surface area contributed by atoms with Crippen molar-refractivity contribution in [3.63, 3.8) is 0 Å². The SMILES string of the molecule is CCOc1ccc(C(=O)NCc2ccc(CN3CC(C)OC(C)C3)cc2)cc1OCC. The number of nitrogens with zero attached hydrogens (tertiary/aromatic N) is 1. The van der Waals surface area contributed by atoms with E-state index in [1.807, 2.05) is 13.8 Å². The van der Waals surface area contributed by atoms with Gasteiger partial charge in [0.15, 0.2) is 11.5 Å². The molecule has 1 heterocycles. The highest BCUT2D eigenvalue weighted by Gasteiger charge is 2.22. The van der Waals surface area contributed by atoms with Crippen LogP contribution < -0.4 is 14.8 Å². The van der Waals surface area contributed by atoms with Crippen molar-refractivity contribution in [1.29, 1.82) is 0 Å². The second-order valence-corrected chi connectivity index (χ2v) is 7.98. The molecule has 0 spiro atoms. The zero-order valence-corrected chi connectivity index (χ0v) is 19.0. The van der Waals surface area contributed by atoms with Gasteiger partial charge < -0.3 is 19.5 Å². The van der Waals surface area contributed by atoms with Crippen LogP contribution in [0.25, 0.3) is 0 Å². The number of amides is 1. The Hall–Kier alpha value is -2.57. The number of carbonyl (C=O) groups excluding carboxylic acids is 1. The van der Waals surface area contributed by atoms with Gasteiger partial charge in [0.2, 0.25) is 0 Å². The Balaban J connectivity index is 1.55. The van der Waals surface area contributed by atoms with Crippen LogP contribution in [-0.4, -0.2) is 49.3 Å². The van der Waals surface area contributed by atoms with Gasteiger partial charge in [0.25, 0.3) is 5.91 Å². The van der Waals surface area contributed by atoms with Gasteiger partial charge in [-0.15, -0.1) is 0 Å². The van der Waals surface area contributed by atoms with E-state index < -0.39 is 0 Å². The third-order valence-electron chi connectivity index (χ3n) is 5.18. The lowest BCUT2D eigenvalue weighted by molar-refractivity contribution is -0.0704. The minimum Gasteiger partial charge on any atom is -0.490 e. The molecule has 2 unspecified atom stereocenters. The molecule has 1 N–H and O–H groups in total. The van der Waals surface area contributed by atoms with Crippen molar-refractivity contribution in [3.8, 4) is 11.5 Å². The number of ether oxygens (including phenoxy) is 3. The number of nitrogens with one attached hydrogen (secondary N) is 1. The summed E-state index contributed by atoms with van der Waals surface area (Å²) in [5.74, 6) is 1.11. The summed E-state index contributed by atoms with van der Waals surface area (Å²) in [6, 6.07) is 13.7. The molecule has 0 aliphatic carbocycles. The molecule has 31 heavy (non-hydrogen) atoms. The van der Waals surface area contributed by atoms with Gasteiger partial charge in [-0.3, -0.25) is 9.69 Å². The van der Waals surface area contributed by atoms with E-state index in [9.17, 15) is 4.79 Å². The van der Waals surface area contributed by atoms with Crippen molar-refractivity contribution in [2.75, 3.05) is 26.3 Å². The lowest BCUT2D eigenvalue weighted by Gasteiger charge is -2.35. The van der Waals surface area contributed by atoms with Gasteiger partial charge in [-0.2, -0.15) is 0 Å². The topological polar surface area (TPSA) is 60.0 Å². The highest BCUT2D eigenvalue weighted by Crippen LogP contribution is 2.28. The minimum atomic E-state index is -0.135. The van der Waals surface area contributed by atoms with Crippen LogP contribution in [0.1, 0.15) is 49.2 Å². The van der Waals surface area contributed by atoms with Crippen LogP contribution in [0.4, 0.5) is 0 Å². The third kappa shape index (κ3) is 6.71. The average molecular weight is 427 g/mol. The lowest BCUT2D eigenvalue weighted by atomic mass is 10.1. The molecular formula is C25H34N2O4. The number of hydrogen-bond donors (Lipinski definition) is 1. The first-order valence-corrected chi connectivity index (χ1v) is 11.1. The van der Waals surface area contributed by atoms with Gasteiger partial charge in [0, 0.05) is 31.7 Å². The summed E-state index contributed by atoms with van der Waals surface area (Å²) in [6.07, 6.45) is 0.535. The highest BCUT2D eigenvalue weighted by molar-refractivity contribution is 5.94. The van der Waals surface area contributed by atoms with E-state index in [4.69, 9.17) is 14.2 Å². The molecule has 1 aliphatic rings. The maximum Gasteiger partial charge on any atom is 0.251 e. The number of rotatable bonds is 9. The van der Waals surface area contributed by atoms with Crippen LogP contribution in [0.15, 0.2) is 42.5 Å². The molecule has 1 fully saturated rings. The van der Waals surface area contributed by atoms with E-state index in [0.29, 0.717) is 36.8 Å². The molecule has 0 bridgehead atoms. The van der Waals surface area contributed by atoms with Crippen LogP contribution in [0.2, 0.25) is 0 Å². The van der Waals surface area contributed by atoms with Crippen LogP contribution in [0, 0.1) is 0 Å². The number of morpholine rings is 1. The molecule has 1 amide bonds. The zero-order chi connectivity index (χ0) is 22.2. The Morgan fingerprint density at radius 1 is 0.968 bits per heavy atom. The summed E-state index contributed by atoms with van der Waals surface area (Å²) in [6.45, 7) is 12.4. The minimum absolute atomic E-state index is 0.135. The normalized spacial score (nSPS) is 19.1. The van der Waals surface area contributed by atoms with Crippen LogP contribution in [0.3, 0.4) is 0 Å². The molecule has 0 saturated carbocycles. The first-order chi connectivity index (χ1) is 15.0. The molecule has 1 aliphatic heterocycles. The zero-order valence-electron chi connectivity index (χ0n) is 19.0. The molecule has 1 saturated heterocycles. The van der Waals surface area contributed by atoms with Crippen LogP contribution >= 0.6 is 0 Å². The predicted molar refractivity (Wildman–Crippen MR) is 122 cm³/mol. The number of benzene rings is 2. The van der Waals surface area contributed by atoms with Gasteiger partial charge in [-0.1, -0.05) is 24.3 Å². The smallest absolute Gasteiger partial charge is 0.251 e. The lowest BCUT2D eigenvalue weighted by Crippen LogP contribution is -2.44. The van der Waals surface area contributed by atoms with Crippen molar-refractivity contribution in [1.82, 2.24) is 10.2 Å². The molecule has 2 atom stereocenters. The number of hydrogen-bond acceptors (Lipinski definition) is 5. The second kappa shape index (κ2) is 11.2. The summed E-state index contributed by atoms with van der Waals surface area (Å²) in [4.78, 5) is 15.0. The maximum absolute atomic E-state index is 12.6. The summed E-state index contributed by atoms with van der Waals surface area (Å²) in [5.41, 5.74) is 2.89. The molecular weight excluding hydrogens is 392 g/mol. The fraction of sp³-hybridized carbons (Fsp3) is 0.480. The van der Waals surface area contributed by atoms with Crippen LogP contribution in [0.5, 0.6) is 11.5 Å². The van der Waals surface area contributed by atoms with E-state index in [-0.39, 0.29) is 18.1 Å². The van der Waals surface area contributed by atoms with Crippen molar-refractivity contribution >= 4 is 5.91 Å². The largest absolute Gasteiger partial charge is 0.490 e. The van der Waals surface area contributed by atoms with Gasteiger partial charge in [-0.25, -0.2) is 0 Å². The third-order valence-corrected chi connectivity index (χ3v) is 5.18. The molecule has 2 aromatic rings. The quantitative estimate of drug-likeness (QED) is 0.656. The van der Waals surface area contributed by atoms with Crippen molar-refractivity contribution in [2.24, 2.45) is 0 Å². The van der Waals surface area contributed by atoms with Crippen molar-refractivity contribution < 1.29 is 19.0 Å². The Labute approximate surface area is 185 Å². The Morgan fingerprint density at radius 3 is 2.23 bits per heavy atom. The second-order valence-electron chi connectivity index (χ2n) is 7.98. The average Bonchev–Trinajstić information content (AvgIpc) is 2.74. The van der Waals surface area contributed by atoms with Crippen molar-refractivity contribution in [2.45, 2.75) is 53.0 Å². The Bertz CT molecular complexity index is 843. The molecule has 2 aromatic carbocycles. The number of carbonyl (C=O) groups is 1. The summed E-state index contributed by atoms with van der Waals surface area (Å²) in [7, 11) is 0. The molecule has 6 nitrogen and oxygen atoms in total. The summed E-state index contributed by atoms with van der Waals surface area (Å²) in [5, 5.41) is 2.99. The van der Waals surface area contributed by atoms with Crippen molar-refractivity contribution in [3.05, 3.63) is 59.2 Å². The van der Waals surface area contributed by atoms with E-state index in [0.717, 1.165) is 25.2 Å². The summed E-state index contributed by atoms with van der Waals surface area (Å²) >= 11 is 0. The van der Waals surface area contributed by atoms with Gasteiger partial charge in [0.05, 0.1) is 25.4 Å². The Kier molecular flexibility index (Phi) is 8.32. The molecule has 0 aromatic heterocycles. The van der Waals surface area contributed by atoms with Crippen LogP contribution in [-0.2, 0) is 17.8 Å². The Morgan fingerprint density at radius 2 is 1.58 bits per heavy atom. The van der Waals surface area contributed by atoms with E-state index in [1.54, 1.807) is 18.2 Å². The molecule has 0 radical (unpaired) electrons. The first-order valence-electron chi connectivity index (χ1n) is 11.1. The van der Waals surface area contributed by atoms with Gasteiger partial charge in [-0.05, 0) is 57.0 Å². The fourth-order valence-electron chi connectivity index (χ4n) is 3.91. The summed E-state index contributed by atoms with van der Waals surface area (Å²) < 4.78 is 17.0. The standard InChI is InChI=1S/C25H34N2O4/c1-5-29-23-12-11-22(13-24(23)30-6-2)25(28)26-14-20-7-9-21(10-8-20)17-27-15-18(3)31-19(4)16-27/h7-13,18-19H,5-6,14-17H2,1-4H3,(H,26,28). The first kappa shape index (κ1) is 23.1. The molecule has 6 heteroatoms. The monoisotopic (exact) mass is 426 g/mol.